The maximum absolute atomic E-state index is 12.8. The average Bonchev–Trinajstić information content (AvgIpc) is 2.46. The molecule has 19 heavy (non-hydrogen) atoms. The molecule has 0 saturated carbocycles. The summed E-state index contributed by atoms with van der Waals surface area (Å²) in [7, 11) is 1.55. The minimum atomic E-state index is -0.381. The second-order valence-electron chi connectivity index (χ2n) is 3.88. The van der Waals surface area contributed by atoms with Gasteiger partial charge in [0.05, 0.1) is 12.8 Å². The second-order valence-corrected chi connectivity index (χ2v) is 3.88. The van der Waals surface area contributed by atoms with Crippen molar-refractivity contribution in [3.05, 3.63) is 59.9 Å². The van der Waals surface area contributed by atoms with E-state index in [0.29, 0.717) is 17.0 Å². The van der Waals surface area contributed by atoms with Crippen LogP contribution in [0.3, 0.4) is 0 Å². The molecule has 2 N–H and O–H groups in total. The van der Waals surface area contributed by atoms with Crippen LogP contribution in [0.2, 0.25) is 0 Å². The van der Waals surface area contributed by atoms with Crippen LogP contribution in [0.4, 0.5) is 10.1 Å². The molecule has 0 aliphatic carbocycles. The second kappa shape index (κ2) is 5.49. The van der Waals surface area contributed by atoms with E-state index in [2.05, 4.69) is 0 Å². The molecule has 5 heteroatoms. The minimum absolute atomic E-state index is 0.380. The molecule has 0 radical (unpaired) electrons. The Morgan fingerprint density at radius 3 is 2.21 bits per heavy atom. The van der Waals surface area contributed by atoms with Crippen LogP contribution >= 0.6 is 0 Å². The summed E-state index contributed by atoms with van der Waals surface area (Å²) in [5.74, 6) is 5.61. The molecule has 4 nitrogen and oxygen atoms in total. The fourth-order valence-electron chi connectivity index (χ4n) is 1.59. The van der Waals surface area contributed by atoms with Gasteiger partial charge in [0.15, 0.2) is 0 Å². The maximum atomic E-state index is 12.8. The third kappa shape index (κ3) is 2.89. The van der Waals surface area contributed by atoms with Gasteiger partial charge in [-0.3, -0.25) is 4.79 Å². The van der Waals surface area contributed by atoms with Crippen molar-refractivity contribution in [2.45, 2.75) is 0 Å². The van der Waals surface area contributed by atoms with Gasteiger partial charge in [0.25, 0.3) is 5.91 Å². The first-order chi connectivity index (χ1) is 9.11. The van der Waals surface area contributed by atoms with Crippen molar-refractivity contribution in [2.24, 2.45) is 5.84 Å². The Balaban J connectivity index is 2.20. The Kier molecular flexibility index (Phi) is 3.77. The van der Waals surface area contributed by atoms with E-state index >= 15 is 0 Å². The van der Waals surface area contributed by atoms with Gasteiger partial charge in [0.2, 0.25) is 0 Å². The van der Waals surface area contributed by atoms with Gasteiger partial charge in [0, 0.05) is 5.56 Å². The van der Waals surface area contributed by atoms with Crippen LogP contribution in [-0.4, -0.2) is 13.0 Å². The fraction of sp³-hybridized carbons (Fsp3) is 0.0714. The third-order valence-corrected chi connectivity index (χ3v) is 2.66. The number of carbonyl (C=O) groups is 1. The zero-order valence-corrected chi connectivity index (χ0v) is 10.3. The maximum Gasteiger partial charge on any atom is 0.272 e. The van der Waals surface area contributed by atoms with Crippen molar-refractivity contribution in [1.82, 2.24) is 0 Å². The van der Waals surface area contributed by atoms with Crippen molar-refractivity contribution in [3.8, 4) is 5.75 Å². The molecule has 0 unspecified atom stereocenters. The van der Waals surface area contributed by atoms with Crippen LogP contribution in [0.5, 0.6) is 5.75 Å². The van der Waals surface area contributed by atoms with E-state index in [1.165, 1.54) is 24.3 Å². The van der Waals surface area contributed by atoms with Gasteiger partial charge in [-0.1, -0.05) is 0 Å². The SMILES string of the molecule is COc1ccc(C(=O)N(N)c2ccc(F)cc2)cc1. The first-order valence-electron chi connectivity index (χ1n) is 5.60. The Labute approximate surface area is 110 Å². The molecule has 2 rings (SSSR count). The van der Waals surface area contributed by atoms with Gasteiger partial charge >= 0.3 is 0 Å². The summed E-state index contributed by atoms with van der Waals surface area (Å²) in [5, 5.41) is 0.973. The molecule has 0 saturated heterocycles. The number of methoxy groups -OCH3 is 1. The van der Waals surface area contributed by atoms with Gasteiger partial charge in [-0.05, 0) is 48.5 Å². The number of halogens is 1. The fourth-order valence-corrected chi connectivity index (χ4v) is 1.59. The summed E-state index contributed by atoms with van der Waals surface area (Å²) < 4.78 is 17.8. The van der Waals surface area contributed by atoms with Crippen molar-refractivity contribution in [1.29, 1.82) is 0 Å². The number of amides is 1. The van der Waals surface area contributed by atoms with Gasteiger partial charge < -0.3 is 4.74 Å². The summed E-state index contributed by atoms with van der Waals surface area (Å²) in [4.78, 5) is 12.1. The number of hydrogen-bond donors (Lipinski definition) is 1. The first kappa shape index (κ1) is 13.0. The number of carbonyl (C=O) groups excluding carboxylic acids is 1. The number of ether oxygens (including phenoxy) is 1. The summed E-state index contributed by atoms with van der Waals surface area (Å²) >= 11 is 0. The lowest BCUT2D eigenvalue weighted by molar-refractivity contribution is 0.0987. The highest BCUT2D eigenvalue weighted by molar-refractivity contribution is 6.05. The summed E-state index contributed by atoms with van der Waals surface area (Å²) in [6.07, 6.45) is 0. The minimum Gasteiger partial charge on any atom is -0.497 e. The molecule has 98 valence electrons. The number of benzene rings is 2. The van der Waals surface area contributed by atoms with Crippen LogP contribution < -0.4 is 15.6 Å². The topological polar surface area (TPSA) is 55.6 Å². The monoisotopic (exact) mass is 260 g/mol. The van der Waals surface area contributed by atoms with Gasteiger partial charge in [-0.2, -0.15) is 0 Å². The van der Waals surface area contributed by atoms with Crippen LogP contribution in [-0.2, 0) is 0 Å². The molecule has 0 fully saturated rings. The lowest BCUT2D eigenvalue weighted by atomic mass is 10.2. The van der Waals surface area contributed by atoms with Gasteiger partial charge in [-0.25, -0.2) is 15.2 Å². The normalized spacial score (nSPS) is 10.1. The number of anilines is 1. The molecule has 2 aromatic carbocycles. The average molecular weight is 260 g/mol. The summed E-state index contributed by atoms with van der Waals surface area (Å²) in [6.45, 7) is 0. The molecule has 0 bridgehead atoms. The van der Waals surface area contributed by atoms with E-state index in [1.54, 1.807) is 31.4 Å². The molecule has 0 aliphatic rings. The van der Waals surface area contributed by atoms with Crippen molar-refractivity contribution in [3.63, 3.8) is 0 Å². The first-order valence-corrected chi connectivity index (χ1v) is 5.60. The van der Waals surface area contributed by atoms with E-state index in [9.17, 15) is 9.18 Å². The number of hydrogen-bond acceptors (Lipinski definition) is 3. The lowest BCUT2D eigenvalue weighted by Gasteiger charge is -2.16. The number of hydrazine groups is 1. The van der Waals surface area contributed by atoms with Crippen LogP contribution in [0, 0.1) is 5.82 Å². The standard InChI is InChI=1S/C14H13FN2O2/c1-19-13-8-2-10(3-9-13)14(18)17(16)12-6-4-11(15)5-7-12/h2-9H,16H2,1H3. The summed E-state index contributed by atoms with van der Waals surface area (Å²) in [6, 6.07) is 12.0. The lowest BCUT2D eigenvalue weighted by Crippen LogP contribution is -2.37. The number of nitrogens with two attached hydrogens (primary N) is 1. The highest BCUT2D eigenvalue weighted by atomic mass is 19.1. The number of nitrogens with zero attached hydrogens (tertiary/aromatic N) is 1. The van der Waals surface area contributed by atoms with E-state index in [1.807, 2.05) is 0 Å². The zero-order valence-electron chi connectivity index (χ0n) is 10.3. The van der Waals surface area contributed by atoms with Gasteiger partial charge in [0.1, 0.15) is 11.6 Å². The van der Waals surface area contributed by atoms with Crippen LogP contribution in [0.15, 0.2) is 48.5 Å². The van der Waals surface area contributed by atoms with Gasteiger partial charge in [-0.15, -0.1) is 0 Å². The zero-order chi connectivity index (χ0) is 13.8. The molecule has 0 aromatic heterocycles. The highest BCUT2D eigenvalue weighted by Crippen LogP contribution is 2.16. The molecule has 2 aromatic rings. The van der Waals surface area contributed by atoms with E-state index in [4.69, 9.17) is 10.6 Å². The predicted octanol–water partition coefficient (Wildman–Crippen LogP) is 2.35. The smallest absolute Gasteiger partial charge is 0.272 e. The Hall–Kier alpha value is -2.40. The van der Waals surface area contributed by atoms with Crippen molar-refractivity contribution < 1.29 is 13.9 Å². The van der Waals surface area contributed by atoms with E-state index in [0.717, 1.165) is 5.01 Å². The summed E-state index contributed by atoms with van der Waals surface area (Å²) in [5.41, 5.74) is 0.842. The largest absolute Gasteiger partial charge is 0.497 e. The van der Waals surface area contributed by atoms with E-state index in [-0.39, 0.29) is 11.7 Å². The Bertz CT molecular complexity index is 567. The quantitative estimate of drug-likeness (QED) is 0.523. The number of rotatable bonds is 3. The molecular weight excluding hydrogens is 247 g/mol. The Morgan fingerprint density at radius 1 is 1.11 bits per heavy atom. The highest BCUT2D eigenvalue weighted by Gasteiger charge is 2.14. The third-order valence-electron chi connectivity index (χ3n) is 2.66. The predicted molar refractivity (Wildman–Crippen MR) is 70.4 cm³/mol. The molecule has 1 amide bonds. The van der Waals surface area contributed by atoms with Crippen molar-refractivity contribution >= 4 is 11.6 Å². The molecular formula is C14H13FN2O2. The van der Waals surface area contributed by atoms with Crippen LogP contribution in [0.1, 0.15) is 10.4 Å². The molecule has 0 atom stereocenters. The molecule has 0 spiro atoms. The molecule has 0 heterocycles. The van der Waals surface area contributed by atoms with Crippen LogP contribution in [0.25, 0.3) is 0 Å². The van der Waals surface area contributed by atoms with Crippen molar-refractivity contribution in [2.75, 3.05) is 12.1 Å². The Morgan fingerprint density at radius 2 is 1.68 bits per heavy atom. The molecule has 0 aliphatic heterocycles. The van der Waals surface area contributed by atoms with E-state index < -0.39 is 0 Å².